The van der Waals surface area contributed by atoms with Gasteiger partial charge in [-0.2, -0.15) is 4.98 Å². The molecule has 0 amide bonds. The van der Waals surface area contributed by atoms with E-state index in [2.05, 4.69) is 32.7 Å². The molecule has 1 aliphatic rings. The molecule has 0 fully saturated rings. The Kier molecular flexibility index (Phi) is 8.63. The highest BCUT2D eigenvalue weighted by Gasteiger charge is 2.33. The molecule has 11 heteroatoms. The standard InChI is InChI=1S/C33H33ClFN7O2/c1-4-36-32-26-15-16-41(18-21-5-12-25(43-2)13-6-21)31(22-7-9-23(35)10-8-22)30(26)39-33(40-32)38-24-11-14-27(28(17-24)44-3)42-19-29(34)37-20-42/h5-14,17,19-20,31H,4,15-16,18H2,1-3H3,(H2,36,38,39,40). The van der Waals surface area contributed by atoms with Crippen molar-refractivity contribution in [2.24, 2.45) is 0 Å². The van der Waals surface area contributed by atoms with Crippen molar-refractivity contribution in [2.75, 3.05) is 37.9 Å². The Morgan fingerprint density at radius 3 is 2.48 bits per heavy atom. The average molecular weight is 614 g/mol. The summed E-state index contributed by atoms with van der Waals surface area (Å²) in [5.41, 5.74) is 5.58. The number of ether oxygens (including phenoxy) is 2. The Balaban J connectivity index is 1.39. The highest BCUT2D eigenvalue weighted by Crippen LogP contribution is 2.39. The number of rotatable bonds is 10. The third-order valence-corrected chi connectivity index (χ3v) is 7.85. The van der Waals surface area contributed by atoms with E-state index < -0.39 is 0 Å². The number of nitrogens with zero attached hydrogens (tertiary/aromatic N) is 5. The van der Waals surface area contributed by atoms with Crippen molar-refractivity contribution in [2.45, 2.75) is 25.9 Å². The van der Waals surface area contributed by atoms with Crippen LogP contribution in [-0.2, 0) is 13.0 Å². The summed E-state index contributed by atoms with van der Waals surface area (Å²) in [4.78, 5) is 16.5. The molecule has 5 aromatic rings. The largest absolute Gasteiger partial charge is 0.497 e. The molecule has 0 bridgehead atoms. The predicted molar refractivity (Wildman–Crippen MR) is 170 cm³/mol. The number of halogens is 2. The van der Waals surface area contributed by atoms with Gasteiger partial charge in [0.05, 0.1) is 31.6 Å². The van der Waals surface area contributed by atoms with Crippen LogP contribution >= 0.6 is 11.6 Å². The molecule has 0 saturated carbocycles. The van der Waals surface area contributed by atoms with E-state index in [0.717, 1.165) is 58.3 Å². The minimum Gasteiger partial charge on any atom is -0.497 e. The number of aromatic nitrogens is 4. The lowest BCUT2D eigenvalue weighted by molar-refractivity contribution is 0.200. The Hall–Kier alpha value is -4.67. The molecule has 9 nitrogen and oxygen atoms in total. The molecule has 2 aromatic heterocycles. The van der Waals surface area contributed by atoms with Gasteiger partial charge in [-0.15, -0.1) is 0 Å². The lowest BCUT2D eigenvalue weighted by atomic mass is 9.92. The van der Waals surface area contributed by atoms with Gasteiger partial charge in [0.25, 0.3) is 0 Å². The first kappa shape index (κ1) is 29.4. The number of hydrogen-bond donors (Lipinski definition) is 2. The summed E-state index contributed by atoms with van der Waals surface area (Å²) in [7, 11) is 3.28. The third-order valence-electron chi connectivity index (χ3n) is 7.65. The number of hydrogen-bond acceptors (Lipinski definition) is 8. The van der Waals surface area contributed by atoms with E-state index in [1.54, 1.807) is 31.3 Å². The molecular formula is C33H33ClFN7O2. The Morgan fingerprint density at radius 1 is 1.00 bits per heavy atom. The van der Waals surface area contributed by atoms with Crippen LogP contribution < -0.4 is 20.1 Å². The quantitative estimate of drug-likeness (QED) is 0.178. The van der Waals surface area contributed by atoms with Crippen molar-refractivity contribution in [3.05, 3.63) is 113 Å². The zero-order valence-electron chi connectivity index (χ0n) is 24.7. The van der Waals surface area contributed by atoms with Crippen LogP contribution in [0.5, 0.6) is 11.5 Å². The highest BCUT2D eigenvalue weighted by atomic mass is 35.5. The van der Waals surface area contributed by atoms with Crippen LogP contribution in [0.15, 0.2) is 79.3 Å². The molecule has 2 N–H and O–H groups in total. The van der Waals surface area contributed by atoms with E-state index in [-0.39, 0.29) is 11.9 Å². The van der Waals surface area contributed by atoms with Crippen LogP contribution in [0.3, 0.4) is 0 Å². The second-order valence-corrected chi connectivity index (χ2v) is 10.8. The van der Waals surface area contributed by atoms with E-state index in [9.17, 15) is 4.39 Å². The molecule has 0 aliphatic carbocycles. The molecule has 6 rings (SSSR count). The molecule has 3 aromatic carbocycles. The molecule has 1 unspecified atom stereocenters. The molecule has 0 saturated heterocycles. The Labute approximate surface area is 260 Å². The fourth-order valence-electron chi connectivity index (χ4n) is 5.58. The van der Waals surface area contributed by atoms with Gasteiger partial charge in [0.1, 0.15) is 34.6 Å². The third kappa shape index (κ3) is 6.17. The van der Waals surface area contributed by atoms with Crippen molar-refractivity contribution < 1.29 is 13.9 Å². The smallest absolute Gasteiger partial charge is 0.229 e. The topological polar surface area (TPSA) is 89.4 Å². The maximum Gasteiger partial charge on any atom is 0.229 e. The van der Waals surface area contributed by atoms with Crippen LogP contribution in [0, 0.1) is 5.82 Å². The van der Waals surface area contributed by atoms with E-state index >= 15 is 0 Å². The normalized spacial score (nSPS) is 14.6. The first-order valence-electron chi connectivity index (χ1n) is 14.4. The summed E-state index contributed by atoms with van der Waals surface area (Å²) in [5.74, 6) is 2.39. The predicted octanol–water partition coefficient (Wildman–Crippen LogP) is 6.80. The minimum absolute atomic E-state index is 0.217. The van der Waals surface area contributed by atoms with Gasteiger partial charge in [0, 0.05) is 43.1 Å². The maximum absolute atomic E-state index is 14.0. The SMILES string of the molecule is CCNc1nc(Nc2ccc(-n3cnc(Cl)c3)c(OC)c2)nc2c1CCN(Cc1ccc(OC)cc1)C2c1ccc(F)cc1. The minimum atomic E-state index is -0.278. The molecule has 226 valence electrons. The van der Waals surface area contributed by atoms with Gasteiger partial charge in [-0.25, -0.2) is 14.4 Å². The van der Waals surface area contributed by atoms with E-state index in [1.807, 2.05) is 49.4 Å². The molecule has 1 atom stereocenters. The van der Waals surface area contributed by atoms with Crippen LogP contribution in [0.25, 0.3) is 5.69 Å². The number of methoxy groups -OCH3 is 2. The zero-order chi connectivity index (χ0) is 30.6. The Morgan fingerprint density at radius 2 is 1.80 bits per heavy atom. The van der Waals surface area contributed by atoms with Crippen LogP contribution in [0.1, 0.15) is 35.3 Å². The second kappa shape index (κ2) is 12.9. The van der Waals surface area contributed by atoms with E-state index in [1.165, 1.54) is 12.1 Å². The van der Waals surface area contributed by atoms with Crippen molar-refractivity contribution in [3.8, 4) is 17.2 Å². The number of fused-ring (bicyclic) bond motifs is 1. The fraction of sp³-hybridized carbons (Fsp3) is 0.242. The van der Waals surface area contributed by atoms with Crippen molar-refractivity contribution in [1.29, 1.82) is 0 Å². The van der Waals surface area contributed by atoms with E-state index in [0.29, 0.717) is 29.9 Å². The van der Waals surface area contributed by atoms with Crippen LogP contribution in [0.4, 0.5) is 21.8 Å². The van der Waals surface area contributed by atoms with Crippen LogP contribution in [-0.4, -0.2) is 51.7 Å². The molecule has 0 spiro atoms. The van der Waals surface area contributed by atoms with Crippen molar-refractivity contribution in [3.63, 3.8) is 0 Å². The van der Waals surface area contributed by atoms with Gasteiger partial charge in [0.2, 0.25) is 5.95 Å². The monoisotopic (exact) mass is 613 g/mol. The lowest BCUT2D eigenvalue weighted by Gasteiger charge is -2.37. The number of nitrogens with one attached hydrogen (secondary N) is 2. The first-order chi connectivity index (χ1) is 21.4. The Bertz CT molecular complexity index is 1740. The van der Waals surface area contributed by atoms with Gasteiger partial charge in [-0.05, 0) is 60.9 Å². The van der Waals surface area contributed by atoms with Gasteiger partial charge < -0.3 is 24.7 Å². The highest BCUT2D eigenvalue weighted by molar-refractivity contribution is 6.29. The lowest BCUT2D eigenvalue weighted by Crippen LogP contribution is -2.37. The zero-order valence-corrected chi connectivity index (χ0v) is 25.5. The summed E-state index contributed by atoms with van der Waals surface area (Å²) in [5, 5.41) is 7.22. The average Bonchev–Trinajstić information content (AvgIpc) is 3.47. The number of benzene rings is 3. The van der Waals surface area contributed by atoms with Crippen LogP contribution in [0.2, 0.25) is 5.15 Å². The summed E-state index contributed by atoms with van der Waals surface area (Å²) < 4.78 is 26.9. The summed E-state index contributed by atoms with van der Waals surface area (Å²) >= 11 is 6.04. The molecule has 0 radical (unpaired) electrons. The summed E-state index contributed by atoms with van der Waals surface area (Å²) in [6.45, 7) is 4.22. The van der Waals surface area contributed by atoms with Gasteiger partial charge in [-0.3, -0.25) is 4.90 Å². The number of imidazole rings is 1. The first-order valence-corrected chi connectivity index (χ1v) is 14.8. The summed E-state index contributed by atoms with van der Waals surface area (Å²) in [6, 6.07) is 20.3. The maximum atomic E-state index is 14.0. The summed E-state index contributed by atoms with van der Waals surface area (Å²) in [6.07, 6.45) is 4.12. The van der Waals surface area contributed by atoms with Crippen molar-refractivity contribution >= 4 is 29.1 Å². The molecular weight excluding hydrogens is 581 g/mol. The second-order valence-electron chi connectivity index (χ2n) is 10.4. The molecule has 1 aliphatic heterocycles. The fourth-order valence-corrected chi connectivity index (χ4v) is 5.73. The number of anilines is 3. The van der Waals surface area contributed by atoms with Gasteiger partial charge in [-0.1, -0.05) is 35.9 Å². The molecule has 3 heterocycles. The van der Waals surface area contributed by atoms with Gasteiger partial charge in [0.15, 0.2) is 0 Å². The van der Waals surface area contributed by atoms with Crippen molar-refractivity contribution in [1.82, 2.24) is 24.4 Å². The van der Waals surface area contributed by atoms with Gasteiger partial charge >= 0.3 is 0 Å². The van der Waals surface area contributed by atoms with E-state index in [4.69, 9.17) is 31.0 Å². The molecule has 44 heavy (non-hydrogen) atoms.